The van der Waals surface area contributed by atoms with Gasteiger partial charge in [-0.15, -0.1) is 0 Å². The summed E-state index contributed by atoms with van der Waals surface area (Å²) in [7, 11) is 0. The van der Waals surface area contributed by atoms with Crippen molar-refractivity contribution in [3.05, 3.63) is 36.3 Å². The highest BCUT2D eigenvalue weighted by Gasteiger charge is 1.99. The minimum absolute atomic E-state index is 0.234. The third kappa shape index (κ3) is 2.08. The zero-order valence-electron chi connectivity index (χ0n) is 7.76. The number of hydrogen-bond acceptors (Lipinski definition) is 3. The fraction of sp³-hybridized carbons (Fsp3) is 0.300. The normalized spacial score (nSPS) is 10.9. The number of fused-ring (bicyclic) bond motifs is 1. The van der Waals surface area contributed by atoms with Crippen LogP contribution in [0.1, 0.15) is 5.69 Å². The lowest BCUT2D eigenvalue weighted by Crippen LogP contribution is -1.87. The molecule has 0 aliphatic rings. The van der Waals surface area contributed by atoms with Gasteiger partial charge >= 0.3 is 0 Å². The minimum atomic E-state index is 0.234. The quantitative estimate of drug-likeness (QED) is 0.775. The van der Waals surface area contributed by atoms with E-state index in [1.54, 1.807) is 11.8 Å². The molecule has 0 aliphatic carbocycles. The molecule has 0 spiro atoms. The fourth-order valence-electron chi connectivity index (χ4n) is 1.30. The van der Waals surface area contributed by atoms with Gasteiger partial charge in [-0.25, -0.2) is 4.98 Å². The second-order valence-corrected chi connectivity index (χ2v) is 4.08. The Morgan fingerprint density at radius 2 is 2.36 bits per heavy atom. The molecule has 3 nitrogen and oxygen atoms in total. The molecule has 0 amide bonds. The third-order valence-corrected chi connectivity index (χ3v) is 2.87. The Morgan fingerprint density at radius 3 is 3.14 bits per heavy atom. The van der Waals surface area contributed by atoms with E-state index < -0.39 is 0 Å². The van der Waals surface area contributed by atoms with Crippen molar-refractivity contribution >= 4 is 17.4 Å². The van der Waals surface area contributed by atoms with Crippen LogP contribution >= 0.6 is 11.8 Å². The predicted molar refractivity (Wildman–Crippen MR) is 58.4 cm³/mol. The Bertz CT molecular complexity index is 380. The summed E-state index contributed by atoms with van der Waals surface area (Å²) in [5.41, 5.74) is 2.04. The van der Waals surface area contributed by atoms with E-state index in [-0.39, 0.29) is 6.61 Å². The van der Waals surface area contributed by atoms with Crippen LogP contribution in [0.4, 0.5) is 0 Å². The van der Waals surface area contributed by atoms with Crippen LogP contribution in [-0.4, -0.2) is 26.9 Å². The van der Waals surface area contributed by atoms with Crippen molar-refractivity contribution in [3.8, 4) is 0 Å². The Hall–Kier alpha value is -1.00. The summed E-state index contributed by atoms with van der Waals surface area (Å²) in [4.78, 5) is 4.45. The summed E-state index contributed by atoms with van der Waals surface area (Å²) in [5, 5.41) is 8.64. The molecule has 0 unspecified atom stereocenters. The number of aliphatic hydroxyl groups excluding tert-OH is 1. The lowest BCUT2D eigenvalue weighted by Gasteiger charge is -1.93. The minimum Gasteiger partial charge on any atom is -0.396 e. The van der Waals surface area contributed by atoms with Crippen LogP contribution in [0.2, 0.25) is 0 Å². The van der Waals surface area contributed by atoms with Crippen molar-refractivity contribution in [1.29, 1.82) is 0 Å². The highest BCUT2D eigenvalue weighted by atomic mass is 32.2. The molecular formula is C10H12N2OS. The van der Waals surface area contributed by atoms with Gasteiger partial charge < -0.3 is 9.51 Å². The highest BCUT2D eigenvalue weighted by molar-refractivity contribution is 7.98. The molecule has 2 aromatic rings. The van der Waals surface area contributed by atoms with Gasteiger partial charge in [0.05, 0.1) is 12.3 Å². The first-order valence-corrected chi connectivity index (χ1v) is 5.67. The molecule has 2 aromatic heterocycles. The summed E-state index contributed by atoms with van der Waals surface area (Å²) < 4.78 is 2.01. The third-order valence-electron chi connectivity index (χ3n) is 1.90. The van der Waals surface area contributed by atoms with Gasteiger partial charge in [0.25, 0.3) is 0 Å². The van der Waals surface area contributed by atoms with Crippen molar-refractivity contribution in [2.75, 3.05) is 12.4 Å². The van der Waals surface area contributed by atoms with E-state index in [4.69, 9.17) is 5.11 Å². The molecule has 2 heterocycles. The number of pyridine rings is 1. The molecule has 1 N–H and O–H groups in total. The number of nitrogens with zero attached hydrogens (tertiary/aromatic N) is 2. The zero-order valence-corrected chi connectivity index (χ0v) is 8.57. The molecule has 0 radical (unpaired) electrons. The molecule has 0 aliphatic heterocycles. The van der Waals surface area contributed by atoms with Gasteiger partial charge in [0.15, 0.2) is 0 Å². The molecule has 4 heteroatoms. The van der Waals surface area contributed by atoms with Crippen molar-refractivity contribution in [2.45, 2.75) is 5.75 Å². The largest absolute Gasteiger partial charge is 0.396 e. The van der Waals surface area contributed by atoms with Crippen LogP contribution in [0.25, 0.3) is 5.65 Å². The van der Waals surface area contributed by atoms with E-state index in [1.807, 2.05) is 35.0 Å². The molecule has 14 heavy (non-hydrogen) atoms. The Labute approximate surface area is 86.8 Å². The van der Waals surface area contributed by atoms with Crippen LogP contribution in [0.5, 0.6) is 0 Å². The molecule has 0 fully saturated rings. The lowest BCUT2D eigenvalue weighted by atomic mass is 10.5. The molecule has 0 saturated carbocycles. The van der Waals surface area contributed by atoms with E-state index in [1.165, 1.54) is 0 Å². The Balaban J connectivity index is 2.11. The molecule has 0 bridgehead atoms. The van der Waals surface area contributed by atoms with Gasteiger partial charge in [0.1, 0.15) is 5.65 Å². The van der Waals surface area contributed by atoms with Crippen molar-refractivity contribution < 1.29 is 5.11 Å². The maximum absolute atomic E-state index is 8.64. The average Bonchev–Trinajstić information content (AvgIpc) is 2.60. The number of hydrogen-bond donors (Lipinski definition) is 1. The first-order valence-electron chi connectivity index (χ1n) is 4.51. The smallest absolute Gasteiger partial charge is 0.137 e. The van der Waals surface area contributed by atoms with E-state index in [0.29, 0.717) is 0 Å². The lowest BCUT2D eigenvalue weighted by molar-refractivity contribution is 0.322. The number of aromatic nitrogens is 2. The first-order chi connectivity index (χ1) is 6.90. The summed E-state index contributed by atoms with van der Waals surface area (Å²) in [6.07, 6.45) is 4.02. The second-order valence-electron chi connectivity index (χ2n) is 2.97. The van der Waals surface area contributed by atoms with E-state index in [9.17, 15) is 0 Å². The van der Waals surface area contributed by atoms with Crippen LogP contribution in [0, 0.1) is 0 Å². The van der Waals surface area contributed by atoms with E-state index in [0.717, 1.165) is 22.8 Å². The average molecular weight is 208 g/mol. The molecule has 74 valence electrons. The number of aliphatic hydroxyl groups is 1. The SMILES string of the molecule is OCCSCc1cn2ccccc2n1. The first kappa shape index (κ1) is 9.55. The molecule has 0 atom stereocenters. The molecule has 0 aromatic carbocycles. The highest BCUT2D eigenvalue weighted by Crippen LogP contribution is 2.11. The Morgan fingerprint density at radius 1 is 1.43 bits per heavy atom. The van der Waals surface area contributed by atoms with E-state index >= 15 is 0 Å². The van der Waals surface area contributed by atoms with Crippen LogP contribution < -0.4 is 0 Å². The van der Waals surface area contributed by atoms with Crippen molar-refractivity contribution in [1.82, 2.24) is 9.38 Å². The van der Waals surface area contributed by atoms with Gasteiger partial charge in [0, 0.05) is 23.9 Å². The number of rotatable bonds is 4. The maximum atomic E-state index is 8.64. The van der Waals surface area contributed by atoms with Crippen molar-refractivity contribution in [3.63, 3.8) is 0 Å². The van der Waals surface area contributed by atoms with Crippen LogP contribution in [0.15, 0.2) is 30.6 Å². The fourth-order valence-corrected chi connectivity index (χ4v) is 1.92. The summed E-state index contributed by atoms with van der Waals surface area (Å²) in [6, 6.07) is 5.95. The van der Waals surface area contributed by atoms with Crippen molar-refractivity contribution in [2.24, 2.45) is 0 Å². The van der Waals surface area contributed by atoms with Gasteiger partial charge in [-0.3, -0.25) is 0 Å². The molecular weight excluding hydrogens is 196 g/mol. The number of imidazole rings is 1. The maximum Gasteiger partial charge on any atom is 0.137 e. The monoisotopic (exact) mass is 208 g/mol. The van der Waals surface area contributed by atoms with Crippen LogP contribution in [0.3, 0.4) is 0 Å². The van der Waals surface area contributed by atoms with Gasteiger partial charge in [-0.1, -0.05) is 6.07 Å². The Kier molecular flexibility index (Phi) is 3.06. The van der Waals surface area contributed by atoms with E-state index in [2.05, 4.69) is 4.98 Å². The summed E-state index contributed by atoms with van der Waals surface area (Å²) in [5.74, 6) is 1.64. The molecule has 2 rings (SSSR count). The zero-order chi connectivity index (χ0) is 9.80. The number of thioether (sulfide) groups is 1. The van der Waals surface area contributed by atoms with Gasteiger partial charge in [0.2, 0.25) is 0 Å². The predicted octanol–water partition coefficient (Wildman–Crippen LogP) is 1.56. The van der Waals surface area contributed by atoms with Gasteiger partial charge in [-0.2, -0.15) is 11.8 Å². The van der Waals surface area contributed by atoms with Crippen LogP contribution in [-0.2, 0) is 5.75 Å². The van der Waals surface area contributed by atoms with Gasteiger partial charge in [-0.05, 0) is 12.1 Å². The summed E-state index contributed by atoms with van der Waals surface area (Å²) >= 11 is 1.70. The second kappa shape index (κ2) is 4.48. The summed E-state index contributed by atoms with van der Waals surface area (Å²) in [6.45, 7) is 0.234. The molecule has 0 saturated heterocycles. The topological polar surface area (TPSA) is 37.5 Å². The standard InChI is InChI=1S/C10H12N2OS/c13-5-6-14-8-9-7-12-4-2-1-3-10(12)11-9/h1-4,7,13H,5-6,8H2.